The molecule has 0 bridgehead atoms. The summed E-state index contributed by atoms with van der Waals surface area (Å²) >= 11 is 0. The van der Waals surface area contributed by atoms with Crippen LogP contribution in [0.4, 0.5) is 13.2 Å². The maximum Gasteiger partial charge on any atom is 0.417 e. The monoisotopic (exact) mass is 476 g/mol. The molecule has 0 fully saturated rings. The molecule has 0 radical (unpaired) electrons. The van der Waals surface area contributed by atoms with Crippen molar-refractivity contribution in [3.63, 3.8) is 0 Å². The van der Waals surface area contributed by atoms with Crippen molar-refractivity contribution in [3.8, 4) is 28.6 Å². The number of ether oxygens (including phenoxy) is 1. The number of hydrogen-bond donors (Lipinski definition) is 2. The lowest BCUT2D eigenvalue weighted by atomic mass is 10.0. The van der Waals surface area contributed by atoms with E-state index in [0.29, 0.717) is 23.4 Å². The van der Waals surface area contributed by atoms with Gasteiger partial charge in [-0.05, 0) is 35.2 Å². The molecule has 176 valence electrons. The van der Waals surface area contributed by atoms with Crippen LogP contribution >= 0.6 is 0 Å². The average Bonchev–Trinajstić information content (AvgIpc) is 3.23. The van der Waals surface area contributed by atoms with Gasteiger partial charge in [-0.25, -0.2) is 0 Å². The van der Waals surface area contributed by atoms with E-state index in [9.17, 15) is 23.1 Å². The molecule has 0 amide bonds. The SMILES string of the molecule is O=c1[nH]c(-c2ccccc2C(F)(F)F)cc2ccc(-n3cc(OCc4ccccc4)cc3O)cc12. The van der Waals surface area contributed by atoms with E-state index in [1.807, 2.05) is 30.3 Å². The minimum Gasteiger partial charge on any atom is -0.494 e. The summed E-state index contributed by atoms with van der Waals surface area (Å²) < 4.78 is 47.6. The van der Waals surface area contributed by atoms with Gasteiger partial charge in [0, 0.05) is 28.4 Å². The van der Waals surface area contributed by atoms with Gasteiger partial charge in [-0.1, -0.05) is 54.6 Å². The number of halogens is 3. The topological polar surface area (TPSA) is 67.2 Å². The van der Waals surface area contributed by atoms with E-state index in [1.165, 1.54) is 34.9 Å². The Hall–Kier alpha value is -4.46. The van der Waals surface area contributed by atoms with Gasteiger partial charge in [0.05, 0.1) is 11.8 Å². The van der Waals surface area contributed by atoms with Gasteiger partial charge < -0.3 is 14.8 Å². The fourth-order valence-electron chi connectivity index (χ4n) is 3.96. The molecule has 0 aliphatic rings. The zero-order chi connectivity index (χ0) is 24.6. The number of fused-ring (bicyclic) bond motifs is 1. The van der Waals surface area contributed by atoms with Crippen molar-refractivity contribution in [3.05, 3.63) is 113 Å². The van der Waals surface area contributed by atoms with Crippen molar-refractivity contribution in [2.24, 2.45) is 0 Å². The number of nitrogens with one attached hydrogen (secondary N) is 1. The molecule has 0 saturated heterocycles. The summed E-state index contributed by atoms with van der Waals surface area (Å²) in [6.45, 7) is 0.323. The molecule has 5 rings (SSSR count). The second-order valence-corrected chi connectivity index (χ2v) is 8.01. The van der Waals surface area contributed by atoms with E-state index in [-0.39, 0.29) is 22.5 Å². The number of benzene rings is 3. The lowest BCUT2D eigenvalue weighted by Crippen LogP contribution is -2.11. The number of aromatic nitrogens is 2. The van der Waals surface area contributed by atoms with Crippen LogP contribution in [-0.4, -0.2) is 14.7 Å². The van der Waals surface area contributed by atoms with E-state index >= 15 is 0 Å². The number of aromatic amines is 1. The third-order valence-electron chi connectivity index (χ3n) is 5.65. The minimum atomic E-state index is -4.56. The van der Waals surface area contributed by atoms with Gasteiger partial charge in [-0.3, -0.25) is 9.36 Å². The summed E-state index contributed by atoms with van der Waals surface area (Å²) in [5.74, 6) is 0.360. The lowest BCUT2D eigenvalue weighted by Gasteiger charge is -2.13. The van der Waals surface area contributed by atoms with Crippen LogP contribution in [0.5, 0.6) is 11.6 Å². The second kappa shape index (κ2) is 8.72. The summed E-state index contributed by atoms with van der Waals surface area (Å²) in [4.78, 5) is 15.4. The van der Waals surface area contributed by atoms with Gasteiger partial charge in [0.1, 0.15) is 12.4 Å². The number of aromatic hydroxyl groups is 1. The van der Waals surface area contributed by atoms with Crippen LogP contribution in [0.25, 0.3) is 27.7 Å². The van der Waals surface area contributed by atoms with Crippen molar-refractivity contribution < 1.29 is 23.0 Å². The summed E-state index contributed by atoms with van der Waals surface area (Å²) in [5, 5.41) is 11.2. The number of hydrogen-bond acceptors (Lipinski definition) is 3. The average molecular weight is 476 g/mol. The molecule has 8 heteroatoms. The van der Waals surface area contributed by atoms with E-state index in [0.717, 1.165) is 11.6 Å². The molecule has 0 unspecified atom stereocenters. The smallest absolute Gasteiger partial charge is 0.417 e. The normalized spacial score (nSPS) is 11.6. The Morgan fingerprint density at radius 2 is 1.66 bits per heavy atom. The zero-order valence-electron chi connectivity index (χ0n) is 18.2. The Kier molecular flexibility index (Phi) is 5.56. The third kappa shape index (κ3) is 4.50. The fourth-order valence-corrected chi connectivity index (χ4v) is 3.96. The molecule has 2 aromatic heterocycles. The number of alkyl halides is 3. The highest BCUT2D eigenvalue weighted by Crippen LogP contribution is 2.36. The molecule has 0 atom stereocenters. The van der Waals surface area contributed by atoms with Crippen molar-refractivity contribution in [2.45, 2.75) is 12.8 Å². The van der Waals surface area contributed by atoms with Crippen LogP contribution in [0.1, 0.15) is 11.1 Å². The lowest BCUT2D eigenvalue weighted by molar-refractivity contribution is -0.137. The van der Waals surface area contributed by atoms with Gasteiger partial charge in [0.15, 0.2) is 5.88 Å². The molecule has 35 heavy (non-hydrogen) atoms. The highest BCUT2D eigenvalue weighted by atomic mass is 19.4. The van der Waals surface area contributed by atoms with Crippen LogP contribution in [-0.2, 0) is 12.8 Å². The molecule has 0 aliphatic carbocycles. The highest BCUT2D eigenvalue weighted by Gasteiger charge is 2.33. The van der Waals surface area contributed by atoms with Gasteiger partial charge in [-0.15, -0.1) is 0 Å². The Balaban J connectivity index is 1.48. The van der Waals surface area contributed by atoms with E-state index in [1.54, 1.807) is 24.4 Å². The minimum absolute atomic E-state index is 0.0728. The van der Waals surface area contributed by atoms with Crippen LogP contribution in [0, 0.1) is 0 Å². The third-order valence-corrected chi connectivity index (χ3v) is 5.65. The fraction of sp³-hybridized carbons (Fsp3) is 0.0741. The Morgan fingerprint density at radius 3 is 2.43 bits per heavy atom. The predicted molar refractivity (Wildman–Crippen MR) is 127 cm³/mol. The molecule has 3 aromatic carbocycles. The Labute approximate surface area is 197 Å². The summed E-state index contributed by atoms with van der Waals surface area (Å²) in [6.07, 6.45) is -2.96. The van der Waals surface area contributed by atoms with Gasteiger partial charge in [-0.2, -0.15) is 13.2 Å². The molecular formula is C27H19F3N2O3. The van der Waals surface area contributed by atoms with Gasteiger partial charge in [0.2, 0.25) is 0 Å². The van der Waals surface area contributed by atoms with Crippen molar-refractivity contribution in [2.75, 3.05) is 0 Å². The Morgan fingerprint density at radius 1 is 0.914 bits per heavy atom. The predicted octanol–water partition coefficient (Wildman–Crippen LogP) is 6.29. The number of nitrogens with zero attached hydrogens (tertiary/aromatic N) is 1. The number of rotatable bonds is 5. The van der Waals surface area contributed by atoms with Crippen molar-refractivity contribution >= 4 is 10.8 Å². The van der Waals surface area contributed by atoms with Crippen LogP contribution in [0.3, 0.4) is 0 Å². The number of H-pyrrole nitrogens is 1. The summed E-state index contributed by atoms with van der Waals surface area (Å²) in [6, 6.07) is 22.5. The first-order chi connectivity index (χ1) is 16.8. The maximum absolute atomic E-state index is 13.5. The molecule has 2 heterocycles. The standard InChI is InChI=1S/C27H19F3N2O3/c28-27(29,30)23-9-5-4-8-21(23)24-12-18-10-11-19(13-22(18)26(34)31-24)32-15-20(14-25(32)33)35-16-17-6-2-1-3-7-17/h1-15,33H,16H2,(H,31,34). The summed E-state index contributed by atoms with van der Waals surface area (Å²) in [7, 11) is 0. The molecular weight excluding hydrogens is 457 g/mol. The second-order valence-electron chi connectivity index (χ2n) is 8.01. The molecule has 0 aliphatic heterocycles. The van der Waals surface area contributed by atoms with Gasteiger partial charge in [0.25, 0.3) is 5.56 Å². The van der Waals surface area contributed by atoms with E-state index < -0.39 is 17.3 Å². The van der Waals surface area contributed by atoms with Crippen LogP contribution in [0.15, 0.2) is 95.9 Å². The summed E-state index contributed by atoms with van der Waals surface area (Å²) in [5.41, 5.74) is 0.0729. The van der Waals surface area contributed by atoms with Gasteiger partial charge >= 0.3 is 6.18 Å². The molecule has 0 spiro atoms. The largest absolute Gasteiger partial charge is 0.494 e. The molecule has 5 nitrogen and oxygen atoms in total. The van der Waals surface area contributed by atoms with Crippen LogP contribution in [0.2, 0.25) is 0 Å². The first kappa shape index (κ1) is 22.3. The highest BCUT2D eigenvalue weighted by molar-refractivity contribution is 5.87. The Bertz CT molecular complexity index is 1570. The first-order valence-electron chi connectivity index (χ1n) is 10.7. The number of pyridine rings is 1. The maximum atomic E-state index is 13.5. The van der Waals surface area contributed by atoms with E-state index in [4.69, 9.17) is 4.74 Å². The van der Waals surface area contributed by atoms with Crippen molar-refractivity contribution in [1.29, 1.82) is 0 Å². The quantitative estimate of drug-likeness (QED) is 0.313. The molecule has 0 saturated carbocycles. The molecule has 5 aromatic rings. The van der Waals surface area contributed by atoms with E-state index in [2.05, 4.69) is 4.98 Å². The zero-order valence-corrected chi connectivity index (χ0v) is 18.2. The first-order valence-corrected chi connectivity index (χ1v) is 10.7. The van der Waals surface area contributed by atoms with Crippen molar-refractivity contribution in [1.82, 2.24) is 9.55 Å². The molecule has 2 N–H and O–H groups in total. The van der Waals surface area contributed by atoms with Crippen LogP contribution < -0.4 is 10.3 Å².